The van der Waals surface area contributed by atoms with E-state index < -0.39 is 29.9 Å². The van der Waals surface area contributed by atoms with E-state index in [2.05, 4.69) is 4.98 Å². The SMILES string of the molecule is Cc1cc(C(F)(F)F)ncc1[B-](F)(F)F. The largest absolute Gasteiger partial charge is 0.511 e. The highest BCUT2D eigenvalue weighted by molar-refractivity contribution is 6.73. The van der Waals surface area contributed by atoms with Crippen LogP contribution in [-0.4, -0.2) is 12.0 Å². The van der Waals surface area contributed by atoms with Crippen LogP contribution in [0.4, 0.5) is 26.1 Å². The summed E-state index contributed by atoms with van der Waals surface area (Å²) < 4.78 is 72.8. The molecule has 0 aromatic carbocycles. The van der Waals surface area contributed by atoms with Gasteiger partial charge in [-0.3, -0.25) is 4.98 Å². The van der Waals surface area contributed by atoms with Crippen molar-refractivity contribution in [3.63, 3.8) is 0 Å². The molecule has 1 aromatic rings. The van der Waals surface area contributed by atoms with E-state index in [1.165, 1.54) is 0 Å². The summed E-state index contributed by atoms with van der Waals surface area (Å²) in [5.74, 6) is 0. The van der Waals surface area contributed by atoms with E-state index in [0.29, 0.717) is 6.07 Å². The molecule has 1 aromatic heterocycles. The first-order valence-corrected chi connectivity index (χ1v) is 3.86. The topological polar surface area (TPSA) is 12.9 Å². The maximum absolute atomic E-state index is 12.2. The molecule has 8 heteroatoms. The van der Waals surface area contributed by atoms with Crippen molar-refractivity contribution in [2.24, 2.45) is 0 Å². The van der Waals surface area contributed by atoms with Crippen molar-refractivity contribution in [2.45, 2.75) is 13.1 Å². The van der Waals surface area contributed by atoms with Crippen molar-refractivity contribution in [3.05, 3.63) is 23.5 Å². The van der Waals surface area contributed by atoms with Crippen LogP contribution < -0.4 is 5.46 Å². The lowest BCUT2D eigenvalue weighted by Crippen LogP contribution is -2.37. The minimum Gasteiger partial charge on any atom is -0.445 e. The molecule has 0 aliphatic rings. The van der Waals surface area contributed by atoms with E-state index in [1.54, 1.807) is 0 Å². The van der Waals surface area contributed by atoms with Crippen LogP contribution in [0.1, 0.15) is 11.3 Å². The Morgan fingerprint density at radius 2 is 1.73 bits per heavy atom. The Morgan fingerprint density at radius 1 is 1.20 bits per heavy atom. The highest BCUT2D eigenvalue weighted by Crippen LogP contribution is 2.27. The van der Waals surface area contributed by atoms with Crippen molar-refractivity contribution in [1.82, 2.24) is 4.98 Å². The molecule has 0 saturated carbocycles. The first kappa shape index (κ1) is 11.9. The Morgan fingerprint density at radius 3 is 2.07 bits per heavy atom. The number of nitrogens with zero attached hydrogens (tertiary/aromatic N) is 1. The lowest BCUT2D eigenvalue weighted by molar-refractivity contribution is -0.141. The van der Waals surface area contributed by atoms with Gasteiger partial charge in [0.05, 0.1) is 0 Å². The minimum atomic E-state index is -5.31. The summed E-state index contributed by atoms with van der Waals surface area (Å²) in [5, 5.41) is 0. The van der Waals surface area contributed by atoms with Gasteiger partial charge in [-0.05, 0) is 13.0 Å². The fraction of sp³-hybridized carbons (Fsp3) is 0.286. The van der Waals surface area contributed by atoms with Gasteiger partial charge in [0.25, 0.3) is 0 Å². The maximum Gasteiger partial charge on any atom is 0.511 e. The number of aromatic nitrogens is 1. The molecule has 0 aliphatic carbocycles. The highest BCUT2D eigenvalue weighted by Gasteiger charge is 2.34. The molecule has 1 nitrogen and oxygen atoms in total. The summed E-state index contributed by atoms with van der Waals surface area (Å²) in [6.45, 7) is -4.34. The standard InChI is InChI=1S/C7H5BF6N/c1-4-2-6(7(9,10)11)15-3-5(4)8(12,13)14/h2-3H,1H3/q-1. The minimum absolute atomic E-state index is 0.220. The molecule has 0 N–H and O–H groups in total. The molecule has 0 amide bonds. The predicted octanol–water partition coefficient (Wildman–Crippen LogP) is 2.46. The van der Waals surface area contributed by atoms with Crippen molar-refractivity contribution in [2.75, 3.05) is 0 Å². The lowest BCUT2D eigenvalue weighted by atomic mass is 9.78. The normalized spacial score (nSPS) is 13.0. The third-order valence-corrected chi connectivity index (χ3v) is 1.79. The van der Waals surface area contributed by atoms with Crippen LogP contribution in [-0.2, 0) is 6.18 Å². The van der Waals surface area contributed by atoms with Gasteiger partial charge >= 0.3 is 13.2 Å². The fourth-order valence-electron chi connectivity index (χ4n) is 1.06. The second-order valence-corrected chi connectivity index (χ2v) is 3.00. The van der Waals surface area contributed by atoms with Crippen LogP contribution in [0.3, 0.4) is 0 Å². The van der Waals surface area contributed by atoms with Gasteiger partial charge in [0.1, 0.15) is 5.69 Å². The fourth-order valence-corrected chi connectivity index (χ4v) is 1.06. The summed E-state index contributed by atoms with van der Waals surface area (Å²) in [6.07, 6.45) is -4.50. The molecular weight excluding hydrogens is 223 g/mol. The van der Waals surface area contributed by atoms with Crippen LogP contribution in [0, 0.1) is 6.92 Å². The smallest absolute Gasteiger partial charge is 0.445 e. The quantitative estimate of drug-likeness (QED) is 0.531. The summed E-state index contributed by atoms with van der Waals surface area (Å²) in [6, 6.07) is 0.393. The average Bonchev–Trinajstić information content (AvgIpc) is 1.99. The zero-order chi connectivity index (χ0) is 11.9. The van der Waals surface area contributed by atoms with Gasteiger partial charge in [0, 0.05) is 6.20 Å². The van der Waals surface area contributed by atoms with Gasteiger partial charge in [-0.15, -0.1) is 0 Å². The molecule has 1 rings (SSSR count). The molecule has 0 radical (unpaired) electrons. The van der Waals surface area contributed by atoms with Gasteiger partial charge in [-0.1, -0.05) is 11.0 Å². The number of pyridine rings is 1. The van der Waals surface area contributed by atoms with Crippen molar-refractivity contribution in [1.29, 1.82) is 0 Å². The molecule has 0 bridgehead atoms. The molecular formula is C7H5BF6N-. The van der Waals surface area contributed by atoms with Crippen molar-refractivity contribution in [3.8, 4) is 0 Å². The maximum atomic E-state index is 12.2. The van der Waals surface area contributed by atoms with E-state index in [4.69, 9.17) is 0 Å². The Balaban J connectivity index is 3.21. The summed E-state index contributed by atoms with van der Waals surface area (Å²) in [4.78, 5) is 2.75. The van der Waals surface area contributed by atoms with Gasteiger partial charge in [0.2, 0.25) is 0 Å². The summed E-state index contributed by atoms with van der Waals surface area (Å²) in [7, 11) is 0. The number of rotatable bonds is 1. The molecule has 0 saturated heterocycles. The Kier molecular flexibility index (Phi) is 2.71. The second kappa shape index (κ2) is 3.43. The zero-order valence-corrected chi connectivity index (χ0v) is 7.45. The summed E-state index contributed by atoms with van der Waals surface area (Å²) >= 11 is 0. The van der Waals surface area contributed by atoms with Crippen LogP contribution in [0.2, 0.25) is 0 Å². The number of alkyl halides is 3. The molecule has 0 atom stereocenters. The molecule has 15 heavy (non-hydrogen) atoms. The zero-order valence-electron chi connectivity index (χ0n) is 7.45. The van der Waals surface area contributed by atoms with E-state index in [1.807, 2.05) is 0 Å². The van der Waals surface area contributed by atoms with E-state index >= 15 is 0 Å². The van der Waals surface area contributed by atoms with Gasteiger partial charge in [-0.2, -0.15) is 13.2 Å². The highest BCUT2D eigenvalue weighted by atomic mass is 19.4. The van der Waals surface area contributed by atoms with Gasteiger partial charge in [0.15, 0.2) is 0 Å². The van der Waals surface area contributed by atoms with Crippen LogP contribution >= 0.6 is 0 Å². The molecule has 0 aliphatic heterocycles. The van der Waals surface area contributed by atoms with Crippen molar-refractivity contribution >= 4 is 12.4 Å². The van der Waals surface area contributed by atoms with Gasteiger partial charge in [-0.25, -0.2) is 0 Å². The summed E-state index contributed by atoms with van der Waals surface area (Å²) in [5.41, 5.74) is -2.88. The Hall–Kier alpha value is -1.21. The Labute approximate surface area is 81.2 Å². The van der Waals surface area contributed by atoms with E-state index in [9.17, 15) is 26.1 Å². The molecule has 0 spiro atoms. The third kappa shape index (κ3) is 2.63. The van der Waals surface area contributed by atoms with E-state index in [-0.39, 0.29) is 6.20 Å². The molecule has 0 fully saturated rings. The van der Waals surface area contributed by atoms with Crippen molar-refractivity contribution < 1.29 is 26.1 Å². The number of hydrogen-bond donors (Lipinski definition) is 0. The average molecular weight is 228 g/mol. The molecule has 0 unspecified atom stereocenters. The van der Waals surface area contributed by atoms with Gasteiger partial charge < -0.3 is 12.9 Å². The lowest BCUT2D eigenvalue weighted by Gasteiger charge is -2.18. The number of hydrogen-bond acceptors (Lipinski definition) is 1. The molecule has 1 heterocycles. The number of halogens is 6. The Bertz CT molecular complexity index is 369. The number of aryl methyl sites for hydroxylation is 1. The first-order valence-electron chi connectivity index (χ1n) is 3.86. The predicted molar refractivity (Wildman–Crippen MR) is 42.7 cm³/mol. The third-order valence-electron chi connectivity index (χ3n) is 1.79. The van der Waals surface area contributed by atoms with Crippen LogP contribution in [0.15, 0.2) is 12.3 Å². The monoisotopic (exact) mass is 228 g/mol. The molecule has 84 valence electrons. The van der Waals surface area contributed by atoms with E-state index in [0.717, 1.165) is 6.92 Å². The van der Waals surface area contributed by atoms with Crippen LogP contribution in [0.5, 0.6) is 0 Å². The first-order chi connectivity index (χ1) is 6.62. The van der Waals surface area contributed by atoms with Crippen LogP contribution in [0.25, 0.3) is 0 Å². The second-order valence-electron chi connectivity index (χ2n) is 3.00.